The molecule has 0 radical (unpaired) electrons. The van der Waals surface area contributed by atoms with Crippen molar-refractivity contribution in [3.63, 3.8) is 0 Å². The summed E-state index contributed by atoms with van der Waals surface area (Å²) in [6.45, 7) is 7.43. The van der Waals surface area contributed by atoms with Gasteiger partial charge in [-0.05, 0) is 42.2 Å². The van der Waals surface area contributed by atoms with Gasteiger partial charge >= 0.3 is 0 Å². The molecule has 0 aliphatic carbocycles. The van der Waals surface area contributed by atoms with Crippen molar-refractivity contribution in [2.24, 2.45) is 5.92 Å². The molecular formula is C14H18FN. The van der Waals surface area contributed by atoms with E-state index in [1.54, 1.807) is 6.07 Å². The third kappa shape index (κ3) is 1.73. The fourth-order valence-electron chi connectivity index (χ4n) is 2.39. The van der Waals surface area contributed by atoms with Crippen molar-refractivity contribution in [3.05, 3.63) is 35.2 Å². The Hall–Kier alpha value is -1.31. The fraction of sp³-hybridized carbons (Fsp3) is 0.429. The highest BCUT2D eigenvalue weighted by molar-refractivity contribution is 5.81. The smallest absolute Gasteiger partial charge is 0.123 e. The molecule has 1 aromatic rings. The van der Waals surface area contributed by atoms with Gasteiger partial charge < -0.3 is 4.90 Å². The van der Waals surface area contributed by atoms with Crippen molar-refractivity contribution in [1.82, 2.24) is 0 Å². The molecule has 0 N–H and O–H groups in total. The maximum atomic E-state index is 13.3. The average molecular weight is 219 g/mol. The molecule has 1 aromatic carbocycles. The lowest BCUT2D eigenvalue weighted by atomic mass is 9.89. The van der Waals surface area contributed by atoms with Crippen LogP contribution in [-0.2, 0) is 0 Å². The minimum Gasteiger partial charge on any atom is -0.370 e. The highest BCUT2D eigenvalue weighted by Gasteiger charge is 2.21. The summed E-state index contributed by atoms with van der Waals surface area (Å²) in [6, 6.07) is 5.04. The summed E-state index contributed by atoms with van der Waals surface area (Å²) in [5, 5.41) is 0. The fourth-order valence-corrected chi connectivity index (χ4v) is 2.39. The van der Waals surface area contributed by atoms with Crippen LogP contribution in [0.3, 0.4) is 0 Å². The molecule has 86 valence electrons. The molecule has 1 nitrogen and oxygen atoms in total. The molecule has 0 amide bonds. The molecular weight excluding hydrogens is 201 g/mol. The largest absolute Gasteiger partial charge is 0.370 e. The average Bonchev–Trinajstić information content (AvgIpc) is 2.22. The van der Waals surface area contributed by atoms with Crippen LogP contribution in [0, 0.1) is 11.7 Å². The van der Waals surface area contributed by atoms with Crippen LogP contribution >= 0.6 is 0 Å². The molecule has 0 fully saturated rings. The van der Waals surface area contributed by atoms with Gasteiger partial charge in [-0.25, -0.2) is 4.39 Å². The molecule has 0 saturated heterocycles. The standard InChI is InChI=1S/C14H18FN/c1-9(2)13-8-16(4)14-6-5-11(15)7-12(14)10(13)3/h5-7,9H,8H2,1-4H3. The van der Waals surface area contributed by atoms with Crippen molar-refractivity contribution in [2.45, 2.75) is 20.8 Å². The van der Waals surface area contributed by atoms with E-state index < -0.39 is 0 Å². The second kappa shape index (κ2) is 3.93. The monoisotopic (exact) mass is 219 g/mol. The van der Waals surface area contributed by atoms with E-state index >= 15 is 0 Å². The molecule has 2 rings (SSSR count). The predicted octanol–water partition coefficient (Wildman–Crippen LogP) is 3.71. The number of benzene rings is 1. The van der Waals surface area contributed by atoms with Crippen molar-refractivity contribution in [1.29, 1.82) is 0 Å². The highest BCUT2D eigenvalue weighted by atomic mass is 19.1. The summed E-state index contributed by atoms with van der Waals surface area (Å²) >= 11 is 0. The Bertz CT molecular complexity index is 446. The quantitative estimate of drug-likeness (QED) is 0.696. The first-order valence-electron chi connectivity index (χ1n) is 5.71. The van der Waals surface area contributed by atoms with Crippen LogP contribution in [-0.4, -0.2) is 13.6 Å². The van der Waals surface area contributed by atoms with Gasteiger partial charge in [-0.15, -0.1) is 0 Å². The molecule has 2 heteroatoms. The number of anilines is 1. The number of halogens is 1. The van der Waals surface area contributed by atoms with E-state index in [0.29, 0.717) is 5.92 Å². The zero-order chi connectivity index (χ0) is 11.9. The maximum absolute atomic E-state index is 13.3. The summed E-state index contributed by atoms with van der Waals surface area (Å²) in [7, 11) is 2.06. The summed E-state index contributed by atoms with van der Waals surface area (Å²) in [5.41, 5.74) is 4.81. The molecule has 0 spiro atoms. The van der Waals surface area contributed by atoms with Crippen molar-refractivity contribution in [2.75, 3.05) is 18.5 Å². The summed E-state index contributed by atoms with van der Waals surface area (Å²) in [4.78, 5) is 2.19. The van der Waals surface area contributed by atoms with Crippen LogP contribution in [0.25, 0.3) is 5.57 Å². The maximum Gasteiger partial charge on any atom is 0.123 e. The molecule has 0 saturated carbocycles. The van der Waals surface area contributed by atoms with Crippen LogP contribution < -0.4 is 4.90 Å². The zero-order valence-electron chi connectivity index (χ0n) is 10.3. The summed E-state index contributed by atoms with van der Waals surface area (Å²) in [6.07, 6.45) is 0. The van der Waals surface area contributed by atoms with Gasteiger partial charge in [-0.3, -0.25) is 0 Å². The minimum absolute atomic E-state index is 0.156. The molecule has 0 bridgehead atoms. The van der Waals surface area contributed by atoms with Gasteiger partial charge in [0.05, 0.1) is 0 Å². The molecule has 1 aliphatic rings. The normalized spacial score (nSPS) is 15.8. The third-order valence-electron chi connectivity index (χ3n) is 3.36. The zero-order valence-corrected chi connectivity index (χ0v) is 10.3. The number of likely N-dealkylation sites (N-methyl/N-ethyl adjacent to an activating group) is 1. The van der Waals surface area contributed by atoms with Crippen molar-refractivity contribution in [3.8, 4) is 0 Å². The molecule has 0 unspecified atom stereocenters. The Morgan fingerprint density at radius 2 is 2.00 bits per heavy atom. The number of hydrogen-bond acceptors (Lipinski definition) is 1. The van der Waals surface area contributed by atoms with Gasteiger partial charge in [0.15, 0.2) is 0 Å². The SMILES string of the molecule is CC1=C(C(C)C)CN(C)c2ccc(F)cc21. The van der Waals surface area contributed by atoms with Gasteiger partial charge in [0.25, 0.3) is 0 Å². The van der Waals surface area contributed by atoms with E-state index in [9.17, 15) is 4.39 Å². The Kier molecular flexibility index (Phi) is 2.75. The third-order valence-corrected chi connectivity index (χ3v) is 3.36. The molecule has 0 atom stereocenters. The van der Waals surface area contributed by atoms with Gasteiger partial charge in [-0.1, -0.05) is 13.8 Å². The minimum atomic E-state index is -0.156. The van der Waals surface area contributed by atoms with Crippen LogP contribution in [0.1, 0.15) is 26.3 Å². The van der Waals surface area contributed by atoms with Gasteiger partial charge in [0, 0.05) is 24.8 Å². The Labute approximate surface area is 96.6 Å². The lowest BCUT2D eigenvalue weighted by Crippen LogP contribution is -2.27. The number of allylic oxidation sites excluding steroid dienone is 1. The molecule has 16 heavy (non-hydrogen) atoms. The summed E-state index contributed by atoms with van der Waals surface area (Å²) < 4.78 is 13.3. The lowest BCUT2D eigenvalue weighted by Gasteiger charge is -2.32. The molecule has 1 aliphatic heterocycles. The van der Waals surface area contributed by atoms with Crippen molar-refractivity contribution >= 4 is 11.3 Å². The summed E-state index contributed by atoms with van der Waals surface area (Å²) in [5.74, 6) is 0.357. The number of hydrogen-bond donors (Lipinski definition) is 0. The highest BCUT2D eigenvalue weighted by Crippen LogP contribution is 2.36. The van der Waals surface area contributed by atoms with Crippen LogP contribution in [0.5, 0.6) is 0 Å². The van der Waals surface area contributed by atoms with E-state index in [1.807, 2.05) is 6.07 Å². The first-order chi connectivity index (χ1) is 7.50. The van der Waals surface area contributed by atoms with Crippen LogP contribution in [0.2, 0.25) is 0 Å². The van der Waals surface area contributed by atoms with Gasteiger partial charge in [0.1, 0.15) is 5.82 Å². The van der Waals surface area contributed by atoms with Gasteiger partial charge in [0.2, 0.25) is 0 Å². The molecule has 0 aromatic heterocycles. The second-order valence-electron chi connectivity index (χ2n) is 4.82. The Morgan fingerprint density at radius 1 is 1.31 bits per heavy atom. The van der Waals surface area contributed by atoms with Crippen LogP contribution in [0.15, 0.2) is 23.8 Å². The number of fused-ring (bicyclic) bond motifs is 1. The van der Waals surface area contributed by atoms with E-state index in [-0.39, 0.29) is 5.82 Å². The first-order valence-corrected chi connectivity index (χ1v) is 5.71. The van der Waals surface area contributed by atoms with Crippen molar-refractivity contribution < 1.29 is 4.39 Å². The number of nitrogens with zero attached hydrogens (tertiary/aromatic N) is 1. The Balaban J connectivity index is 2.60. The topological polar surface area (TPSA) is 3.24 Å². The van der Waals surface area contributed by atoms with E-state index in [0.717, 1.165) is 17.8 Å². The number of rotatable bonds is 1. The van der Waals surface area contributed by atoms with Crippen LogP contribution in [0.4, 0.5) is 10.1 Å². The van der Waals surface area contributed by atoms with E-state index in [1.165, 1.54) is 17.2 Å². The van der Waals surface area contributed by atoms with Gasteiger partial charge in [-0.2, -0.15) is 0 Å². The first kappa shape index (κ1) is 11.2. The Morgan fingerprint density at radius 3 is 2.62 bits per heavy atom. The van der Waals surface area contributed by atoms with E-state index in [4.69, 9.17) is 0 Å². The lowest BCUT2D eigenvalue weighted by molar-refractivity contribution is 0.626. The molecule has 1 heterocycles. The predicted molar refractivity (Wildman–Crippen MR) is 67.1 cm³/mol. The van der Waals surface area contributed by atoms with E-state index in [2.05, 4.69) is 32.7 Å². The second-order valence-corrected chi connectivity index (χ2v) is 4.82.